The van der Waals surface area contributed by atoms with Crippen LogP contribution in [0.5, 0.6) is 0 Å². The lowest BCUT2D eigenvalue weighted by Gasteiger charge is -2.04. The quantitative estimate of drug-likeness (QED) is 0.271. The molecule has 0 saturated carbocycles. The molecule has 11 heteroatoms. The van der Waals surface area contributed by atoms with Crippen molar-refractivity contribution in [3.8, 4) is 0 Å². The second-order valence-electron chi connectivity index (χ2n) is 2.96. The molecular weight excluding hydrogens is 286 g/mol. The Morgan fingerprint density at radius 2 is 1.47 bits per heavy atom. The van der Waals surface area contributed by atoms with Crippen LogP contribution < -0.4 is 11.3 Å². The van der Waals surface area contributed by atoms with Gasteiger partial charge in [0.25, 0.3) is 0 Å². The fraction of sp³-hybridized carbons (Fsp3) is 0.750. The van der Waals surface area contributed by atoms with Gasteiger partial charge in [0.05, 0.1) is 6.61 Å². The summed E-state index contributed by atoms with van der Waals surface area (Å²) >= 11 is 0. The van der Waals surface area contributed by atoms with E-state index in [4.69, 9.17) is 0 Å². The maximum Gasteiger partial charge on any atom is 0.399 e. The number of rotatable bonds is 3. The van der Waals surface area contributed by atoms with E-state index in [-0.39, 0.29) is 6.61 Å². The highest BCUT2D eigenvalue weighted by molar-refractivity contribution is 5.75. The van der Waals surface area contributed by atoms with Gasteiger partial charge < -0.3 is 4.74 Å². The smallest absolute Gasteiger partial charge is 0.399 e. The molecule has 0 fully saturated rings. The highest BCUT2D eigenvalue weighted by Gasteiger charge is 2.32. The van der Waals surface area contributed by atoms with Crippen LogP contribution in [0.3, 0.4) is 0 Å². The third-order valence-corrected chi connectivity index (χ3v) is 1.17. The molecule has 0 saturated heterocycles. The van der Waals surface area contributed by atoms with Crippen molar-refractivity contribution in [3.63, 3.8) is 0 Å². The molecule has 0 aromatic carbocycles. The van der Waals surface area contributed by atoms with Gasteiger partial charge in [-0.1, -0.05) is 0 Å². The van der Waals surface area contributed by atoms with E-state index in [0.29, 0.717) is 0 Å². The number of halogens is 6. The van der Waals surface area contributed by atoms with Crippen LogP contribution in [-0.2, 0) is 14.3 Å². The lowest BCUT2D eigenvalue weighted by atomic mass is 10.4. The number of esters is 1. The van der Waals surface area contributed by atoms with Crippen molar-refractivity contribution in [2.75, 3.05) is 6.61 Å². The second-order valence-corrected chi connectivity index (χ2v) is 2.96. The number of carbonyl (C=O) groups is 2. The average molecular weight is 298 g/mol. The van der Waals surface area contributed by atoms with Gasteiger partial charge in [-0.15, -0.1) is 0 Å². The molecule has 0 heterocycles. The summed E-state index contributed by atoms with van der Waals surface area (Å²) in [5, 5.41) is 0. The van der Waals surface area contributed by atoms with Crippen LogP contribution in [0.2, 0.25) is 0 Å². The number of nitrogens with two attached hydrogens (primary N) is 1. The molecule has 0 unspecified atom stereocenters. The number of amides is 1. The molecule has 0 aliphatic carbocycles. The largest absolute Gasteiger partial charge is 0.466 e. The average Bonchev–Trinajstić information content (AvgIpc) is 2.13. The summed E-state index contributed by atoms with van der Waals surface area (Å²) in [5.74, 6) is 1.92. The normalized spacial score (nSPS) is 11.2. The van der Waals surface area contributed by atoms with Crippen LogP contribution in [0.4, 0.5) is 26.3 Å². The molecular formula is C8H12F6N2O3. The standard InChI is InChI=1S/C5H7F3O2.C3H5F3N2O/c1-2-10-4(9)3-5(6,7)8;4-3(5,6)1-2(9)8-7/h2-3H2,1H3;1,7H2,(H,8,9). The summed E-state index contributed by atoms with van der Waals surface area (Å²) in [7, 11) is 0. The zero-order valence-electron chi connectivity index (χ0n) is 9.69. The molecule has 0 atom stereocenters. The minimum Gasteiger partial charge on any atom is -0.466 e. The number of hydrazine groups is 1. The third kappa shape index (κ3) is 19.0. The highest BCUT2D eigenvalue weighted by atomic mass is 19.4. The maximum absolute atomic E-state index is 11.3. The summed E-state index contributed by atoms with van der Waals surface area (Å²) in [4.78, 5) is 20.0. The molecule has 0 radical (unpaired) electrons. The fourth-order valence-corrected chi connectivity index (χ4v) is 0.609. The van der Waals surface area contributed by atoms with Crippen molar-refractivity contribution in [2.45, 2.75) is 32.1 Å². The van der Waals surface area contributed by atoms with Crippen LogP contribution in [0.15, 0.2) is 0 Å². The summed E-state index contributed by atoms with van der Waals surface area (Å²) in [6.45, 7) is 1.43. The van der Waals surface area contributed by atoms with E-state index in [1.54, 1.807) is 0 Å². The lowest BCUT2D eigenvalue weighted by Crippen LogP contribution is -2.33. The number of hydrogen-bond acceptors (Lipinski definition) is 4. The first kappa shape index (κ1) is 19.8. The number of carbonyl (C=O) groups excluding carboxylic acids is 2. The van der Waals surface area contributed by atoms with Crippen molar-refractivity contribution < 1.29 is 40.7 Å². The molecule has 3 N–H and O–H groups in total. The van der Waals surface area contributed by atoms with E-state index in [9.17, 15) is 35.9 Å². The summed E-state index contributed by atoms with van der Waals surface area (Å²) < 4.78 is 71.6. The zero-order valence-corrected chi connectivity index (χ0v) is 9.69. The van der Waals surface area contributed by atoms with Crippen molar-refractivity contribution in [2.24, 2.45) is 5.84 Å². The van der Waals surface area contributed by atoms with Crippen molar-refractivity contribution >= 4 is 11.9 Å². The van der Waals surface area contributed by atoms with Crippen LogP contribution in [0.25, 0.3) is 0 Å². The summed E-state index contributed by atoms with van der Waals surface area (Å²) in [6, 6.07) is 0. The zero-order chi connectivity index (χ0) is 15.7. The molecule has 1 amide bonds. The summed E-state index contributed by atoms with van der Waals surface area (Å²) in [5.41, 5.74) is 1.36. The molecule has 19 heavy (non-hydrogen) atoms. The molecule has 5 nitrogen and oxygen atoms in total. The SMILES string of the molecule is CCOC(=O)CC(F)(F)F.NNC(=O)CC(F)(F)F. The molecule has 0 aliphatic rings. The molecule has 0 bridgehead atoms. The molecule has 0 rings (SSSR count). The Kier molecular flexibility index (Phi) is 8.92. The Morgan fingerprint density at radius 1 is 1.05 bits per heavy atom. The van der Waals surface area contributed by atoms with E-state index in [1.807, 2.05) is 0 Å². The molecule has 114 valence electrons. The first-order chi connectivity index (χ1) is 8.41. The maximum atomic E-state index is 11.3. The van der Waals surface area contributed by atoms with Gasteiger partial charge in [0, 0.05) is 0 Å². The Labute approximate surface area is 104 Å². The number of alkyl halides is 6. The second kappa shape index (κ2) is 8.56. The Morgan fingerprint density at radius 3 is 1.68 bits per heavy atom. The Hall–Kier alpha value is -1.52. The van der Waals surface area contributed by atoms with Gasteiger partial charge in [-0.2, -0.15) is 26.3 Å². The predicted molar refractivity (Wildman–Crippen MR) is 50.3 cm³/mol. The van der Waals surface area contributed by atoms with Gasteiger partial charge >= 0.3 is 18.3 Å². The number of nitrogens with one attached hydrogen (secondary N) is 1. The van der Waals surface area contributed by atoms with Gasteiger partial charge in [-0.25, -0.2) is 5.84 Å². The molecule has 0 aromatic rings. The van der Waals surface area contributed by atoms with Crippen LogP contribution in [-0.4, -0.2) is 30.8 Å². The van der Waals surface area contributed by atoms with E-state index >= 15 is 0 Å². The molecule has 0 aliphatic heterocycles. The van der Waals surface area contributed by atoms with Crippen LogP contribution in [0.1, 0.15) is 19.8 Å². The predicted octanol–water partition coefficient (Wildman–Crippen LogP) is 1.43. The first-order valence-electron chi connectivity index (χ1n) is 4.69. The van der Waals surface area contributed by atoms with Crippen molar-refractivity contribution in [1.29, 1.82) is 0 Å². The van der Waals surface area contributed by atoms with Crippen molar-refractivity contribution in [3.05, 3.63) is 0 Å². The minimum atomic E-state index is -4.47. The van der Waals surface area contributed by atoms with E-state index in [2.05, 4.69) is 10.6 Å². The van der Waals surface area contributed by atoms with Crippen molar-refractivity contribution in [1.82, 2.24) is 5.43 Å². The Bertz CT molecular complexity index is 289. The van der Waals surface area contributed by atoms with Crippen LogP contribution >= 0.6 is 0 Å². The third-order valence-electron chi connectivity index (χ3n) is 1.17. The van der Waals surface area contributed by atoms with Gasteiger partial charge in [-0.05, 0) is 6.92 Å². The van der Waals surface area contributed by atoms with Gasteiger partial charge in [0.1, 0.15) is 12.8 Å². The Balaban J connectivity index is 0. The van der Waals surface area contributed by atoms with E-state index in [1.165, 1.54) is 12.3 Å². The number of ether oxygens (including phenoxy) is 1. The van der Waals surface area contributed by atoms with Gasteiger partial charge in [0.2, 0.25) is 5.91 Å². The minimum absolute atomic E-state index is 0.0189. The van der Waals surface area contributed by atoms with E-state index in [0.717, 1.165) is 0 Å². The topological polar surface area (TPSA) is 81.4 Å². The lowest BCUT2D eigenvalue weighted by molar-refractivity contribution is -0.171. The fourth-order valence-electron chi connectivity index (χ4n) is 0.609. The number of hydrogen-bond donors (Lipinski definition) is 2. The first-order valence-corrected chi connectivity index (χ1v) is 4.69. The summed E-state index contributed by atoms with van der Waals surface area (Å²) in [6.07, 6.45) is -11.9. The monoisotopic (exact) mass is 298 g/mol. The van der Waals surface area contributed by atoms with E-state index < -0.39 is 37.1 Å². The van der Waals surface area contributed by atoms with Gasteiger partial charge in [0.15, 0.2) is 0 Å². The molecule has 0 spiro atoms. The molecule has 0 aromatic heterocycles. The van der Waals surface area contributed by atoms with Gasteiger partial charge in [-0.3, -0.25) is 15.0 Å². The highest BCUT2D eigenvalue weighted by Crippen LogP contribution is 2.19. The van der Waals surface area contributed by atoms with Crippen LogP contribution in [0, 0.1) is 0 Å².